The van der Waals surface area contributed by atoms with Crippen LogP contribution in [0.4, 0.5) is 10.3 Å². The molecule has 30 heavy (non-hydrogen) atoms. The largest absolute Gasteiger partial charge is 0.373 e. The second-order valence-electron chi connectivity index (χ2n) is 8.09. The van der Waals surface area contributed by atoms with E-state index < -0.39 is 0 Å². The summed E-state index contributed by atoms with van der Waals surface area (Å²) in [5.41, 5.74) is 2.17. The molecule has 1 N–H and O–H groups in total. The lowest BCUT2D eigenvalue weighted by atomic mass is 10.1. The Bertz CT molecular complexity index is 1070. The maximum absolute atomic E-state index is 14.8. The predicted molar refractivity (Wildman–Crippen MR) is 118 cm³/mol. The molecule has 6 nitrogen and oxygen atoms in total. The number of hydrogen-bond donors (Lipinski definition) is 1. The molecule has 1 aliphatic rings. The molecule has 0 saturated carbocycles. The Hall–Kier alpha value is -2.25. The third kappa shape index (κ3) is 4.01. The van der Waals surface area contributed by atoms with Gasteiger partial charge in [-0.2, -0.15) is 0 Å². The third-order valence-corrected chi connectivity index (χ3v) is 5.87. The molecule has 2 atom stereocenters. The van der Waals surface area contributed by atoms with E-state index in [1.807, 2.05) is 31.4 Å². The quantitative estimate of drug-likeness (QED) is 0.554. The van der Waals surface area contributed by atoms with Crippen molar-refractivity contribution in [2.75, 3.05) is 11.9 Å². The second kappa shape index (κ2) is 8.47. The Morgan fingerprint density at radius 1 is 1.27 bits per heavy atom. The molecule has 0 spiro atoms. The van der Waals surface area contributed by atoms with E-state index in [-0.39, 0.29) is 18.0 Å². The molecule has 1 saturated heterocycles. The summed E-state index contributed by atoms with van der Waals surface area (Å²) in [4.78, 5) is 13.2. The number of ether oxygens (including phenoxy) is 1. The lowest BCUT2D eigenvalue weighted by Crippen LogP contribution is -2.21. The van der Waals surface area contributed by atoms with Crippen LogP contribution in [-0.2, 0) is 4.74 Å². The van der Waals surface area contributed by atoms with Crippen LogP contribution in [0.2, 0.25) is 5.02 Å². The highest BCUT2D eigenvalue weighted by atomic mass is 35.5. The van der Waals surface area contributed by atoms with Crippen molar-refractivity contribution >= 4 is 28.6 Å². The Morgan fingerprint density at radius 3 is 2.73 bits per heavy atom. The fourth-order valence-corrected chi connectivity index (χ4v) is 4.35. The number of nitrogens with one attached hydrogen (secondary N) is 1. The normalized spacial score (nSPS) is 19.2. The van der Waals surface area contributed by atoms with Crippen molar-refractivity contribution in [3.8, 4) is 11.3 Å². The summed E-state index contributed by atoms with van der Waals surface area (Å²) in [6.07, 6.45) is 5.16. The first-order valence-corrected chi connectivity index (χ1v) is 10.9. The number of imidazole rings is 1. The molecule has 0 aliphatic carbocycles. The lowest BCUT2D eigenvalue weighted by Gasteiger charge is -2.14. The number of benzene rings is 1. The lowest BCUT2D eigenvalue weighted by molar-refractivity contribution is 0.0506. The van der Waals surface area contributed by atoms with E-state index in [9.17, 15) is 4.39 Å². The van der Waals surface area contributed by atoms with Gasteiger partial charge >= 0.3 is 0 Å². The molecular weight excluding hydrogens is 405 g/mol. The average molecular weight is 432 g/mol. The van der Waals surface area contributed by atoms with E-state index in [1.165, 1.54) is 6.07 Å². The summed E-state index contributed by atoms with van der Waals surface area (Å²) in [5.74, 6) is 0.834. The highest BCUT2D eigenvalue weighted by Crippen LogP contribution is 2.32. The van der Waals surface area contributed by atoms with Crippen molar-refractivity contribution in [2.24, 2.45) is 0 Å². The van der Waals surface area contributed by atoms with Crippen LogP contribution in [0.3, 0.4) is 0 Å². The molecule has 3 aromatic rings. The van der Waals surface area contributed by atoms with Crippen LogP contribution >= 0.6 is 11.6 Å². The van der Waals surface area contributed by atoms with Crippen molar-refractivity contribution in [3.05, 3.63) is 35.0 Å². The number of aromatic nitrogens is 4. The zero-order chi connectivity index (χ0) is 21.4. The van der Waals surface area contributed by atoms with Gasteiger partial charge in [0.15, 0.2) is 5.82 Å². The zero-order valence-electron chi connectivity index (χ0n) is 17.7. The van der Waals surface area contributed by atoms with Crippen molar-refractivity contribution < 1.29 is 9.13 Å². The topological polar surface area (TPSA) is 64.9 Å². The van der Waals surface area contributed by atoms with Gasteiger partial charge in [-0.15, -0.1) is 0 Å². The molecule has 0 radical (unpaired) electrons. The van der Waals surface area contributed by atoms with Crippen LogP contribution in [0.1, 0.15) is 51.9 Å². The maximum Gasteiger partial charge on any atom is 0.223 e. The van der Waals surface area contributed by atoms with Gasteiger partial charge in [0.05, 0.1) is 34.6 Å². The SMILES string of the molecule is CC[C@H]1CC[C@@H](CNc2ncc(Cl)c(-c3cc(F)c4nc(C)n(C(C)C)c4c3)n2)O1. The number of anilines is 1. The van der Waals surface area contributed by atoms with E-state index in [1.54, 1.807) is 6.20 Å². The molecule has 3 heterocycles. The van der Waals surface area contributed by atoms with Gasteiger partial charge < -0.3 is 14.6 Å². The molecule has 0 amide bonds. The standard InChI is InChI=1S/C22H27ClFN5O/c1-5-15-6-7-16(30-15)10-25-22-26-11-17(23)20(28-22)14-8-18(24)21-19(9-14)29(12(2)3)13(4)27-21/h8-9,11-12,15-16H,5-7,10H2,1-4H3,(H,25,26,28)/t15-,16-/m0/s1. The van der Waals surface area contributed by atoms with Crippen LogP contribution in [0.25, 0.3) is 22.3 Å². The number of nitrogens with zero attached hydrogens (tertiary/aromatic N) is 4. The summed E-state index contributed by atoms with van der Waals surface area (Å²) < 4.78 is 22.8. The van der Waals surface area contributed by atoms with Crippen LogP contribution in [0, 0.1) is 12.7 Å². The number of hydrogen-bond acceptors (Lipinski definition) is 5. The second-order valence-corrected chi connectivity index (χ2v) is 8.49. The van der Waals surface area contributed by atoms with Gasteiger partial charge in [0, 0.05) is 18.2 Å². The van der Waals surface area contributed by atoms with Gasteiger partial charge in [0.1, 0.15) is 11.3 Å². The van der Waals surface area contributed by atoms with Gasteiger partial charge in [0.25, 0.3) is 0 Å². The van der Waals surface area contributed by atoms with Gasteiger partial charge in [-0.1, -0.05) is 18.5 Å². The molecule has 1 fully saturated rings. The molecular formula is C22H27ClFN5O. The molecule has 0 bridgehead atoms. The molecule has 160 valence electrons. The summed E-state index contributed by atoms with van der Waals surface area (Å²) in [5, 5.41) is 3.61. The third-order valence-electron chi connectivity index (χ3n) is 5.60. The van der Waals surface area contributed by atoms with Crippen molar-refractivity contribution in [1.29, 1.82) is 0 Å². The number of fused-ring (bicyclic) bond motifs is 1. The van der Waals surface area contributed by atoms with E-state index in [2.05, 4.69) is 27.2 Å². The molecule has 1 aromatic carbocycles. The van der Waals surface area contributed by atoms with E-state index in [4.69, 9.17) is 16.3 Å². The Labute approximate surface area is 180 Å². The minimum atomic E-state index is -0.390. The minimum absolute atomic E-state index is 0.148. The predicted octanol–water partition coefficient (Wildman–Crippen LogP) is 5.54. The van der Waals surface area contributed by atoms with E-state index >= 15 is 0 Å². The first-order valence-electron chi connectivity index (χ1n) is 10.5. The summed E-state index contributed by atoms with van der Waals surface area (Å²) in [6.45, 7) is 8.74. The fourth-order valence-electron chi connectivity index (χ4n) is 4.15. The van der Waals surface area contributed by atoms with Gasteiger partial charge in [0.2, 0.25) is 5.95 Å². The van der Waals surface area contributed by atoms with Gasteiger partial charge in [-0.25, -0.2) is 19.3 Å². The Balaban J connectivity index is 1.64. The van der Waals surface area contributed by atoms with Gasteiger partial charge in [-0.05, 0) is 52.2 Å². The summed E-state index contributed by atoms with van der Waals surface area (Å²) in [7, 11) is 0. The first kappa shape index (κ1) is 21.0. The molecule has 4 rings (SSSR count). The Kier molecular flexibility index (Phi) is 5.93. The van der Waals surface area contributed by atoms with Crippen molar-refractivity contribution in [1.82, 2.24) is 19.5 Å². The van der Waals surface area contributed by atoms with Gasteiger partial charge in [-0.3, -0.25) is 0 Å². The maximum atomic E-state index is 14.8. The smallest absolute Gasteiger partial charge is 0.223 e. The first-order chi connectivity index (χ1) is 14.4. The number of halogens is 2. The monoisotopic (exact) mass is 431 g/mol. The molecule has 8 heteroatoms. The Morgan fingerprint density at radius 2 is 2.03 bits per heavy atom. The summed E-state index contributed by atoms with van der Waals surface area (Å²) >= 11 is 6.38. The highest BCUT2D eigenvalue weighted by molar-refractivity contribution is 6.33. The minimum Gasteiger partial charge on any atom is -0.373 e. The van der Waals surface area contributed by atoms with Crippen molar-refractivity contribution in [3.63, 3.8) is 0 Å². The van der Waals surface area contributed by atoms with Crippen LogP contribution in [0.15, 0.2) is 18.3 Å². The molecule has 0 unspecified atom stereocenters. The zero-order valence-corrected chi connectivity index (χ0v) is 18.5. The van der Waals surface area contributed by atoms with E-state index in [0.29, 0.717) is 40.4 Å². The molecule has 2 aromatic heterocycles. The molecule has 1 aliphatic heterocycles. The van der Waals surface area contributed by atoms with Crippen LogP contribution in [-0.4, -0.2) is 38.3 Å². The number of aryl methyl sites for hydroxylation is 1. The van der Waals surface area contributed by atoms with E-state index in [0.717, 1.165) is 30.6 Å². The fraction of sp³-hybridized carbons (Fsp3) is 0.500. The van der Waals surface area contributed by atoms with Crippen LogP contribution < -0.4 is 5.32 Å². The number of rotatable bonds is 6. The highest BCUT2D eigenvalue weighted by Gasteiger charge is 2.24. The van der Waals surface area contributed by atoms with Crippen molar-refractivity contribution in [2.45, 2.75) is 65.2 Å². The average Bonchev–Trinajstić information content (AvgIpc) is 3.31. The van der Waals surface area contributed by atoms with Crippen LogP contribution in [0.5, 0.6) is 0 Å². The summed E-state index contributed by atoms with van der Waals surface area (Å²) in [6, 6.07) is 3.48.